The van der Waals surface area contributed by atoms with Gasteiger partial charge in [-0.25, -0.2) is 4.79 Å². The zero-order valence-corrected chi connectivity index (χ0v) is 13.4. The molecule has 0 saturated carbocycles. The molecule has 130 valence electrons. The van der Waals surface area contributed by atoms with Crippen LogP contribution in [-0.4, -0.2) is 22.4 Å². The van der Waals surface area contributed by atoms with Crippen LogP contribution in [0.1, 0.15) is 21.5 Å². The van der Waals surface area contributed by atoms with Crippen LogP contribution in [0.4, 0.5) is 18.9 Å². The summed E-state index contributed by atoms with van der Waals surface area (Å²) in [4.78, 5) is 10.7. The Labute approximate surface area is 146 Å². The van der Waals surface area contributed by atoms with E-state index in [1.54, 1.807) is 12.1 Å². The van der Waals surface area contributed by atoms with Gasteiger partial charge in [-0.3, -0.25) is 5.43 Å². The van der Waals surface area contributed by atoms with Crippen LogP contribution in [0.5, 0.6) is 0 Å². The zero-order chi connectivity index (χ0) is 18.4. The normalized spacial score (nSPS) is 11.3. The van der Waals surface area contributed by atoms with Crippen molar-refractivity contribution >= 4 is 35.2 Å². The molecule has 0 fully saturated rings. The highest BCUT2D eigenvalue weighted by atomic mass is 32.1. The summed E-state index contributed by atoms with van der Waals surface area (Å²) >= 11 is 4.95. The van der Waals surface area contributed by atoms with Crippen LogP contribution in [0, 0.1) is 0 Å². The van der Waals surface area contributed by atoms with Crippen LogP contribution in [0.3, 0.4) is 0 Å². The first-order valence-corrected chi connectivity index (χ1v) is 7.27. The van der Waals surface area contributed by atoms with Crippen LogP contribution in [-0.2, 0) is 6.18 Å². The minimum atomic E-state index is -4.44. The molecule has 5 nitrogen and oxygen atoms in total. The van der Waals surface area contributed by atoms with E-state index in [1.165, 1.54) is 30.5 Å². The quantitative estimate of drug-likeness (QED) is 0.436. The van der Waals surface area contributed by atoms with Gasteiger partial charge >= 0.3 is 12.1 Å². The molecule has 0 unspecified atom stereocenters. The molecule has 0 amide bonds. The van der Waals surface area contributed by atoms with Gasteiger partial charge in [-0.2, -0.15) is 18.3 Å². The van der Waals surface area contributed by atoms with Gasteiger partial charge in [-0.15, -0.1) is 0 Å². The SMILES string of the molecule is O=C(O)c1ccc(C=NNC(=S)Nc2cccc(C(F)(F)F)c2)cc1. The first kappa shape index (κ1) is 18.4. The molecule has 0 saturated heterocycles. The Morgan fingerprint density at radius 1 is 1.16 bits per heavy atom. The Hall–Kier alpha value is -2.94. The third-order valence-corrected chi connectivity index (χ3v) is 3.18. The van der Waals surface area contributed by atoms with E-state index in [4.69, 9.17) is 17.3 Å². The molecule has 2 rings (SSSR count). The van der Waals surface area contributed by atoms with Crippen LogP contribution >= 0.6 is 12.2 Å². The number of carbonyl (C=O) groups is 1. The number of anilines is 1. The van der Waals surface area contributed by atoms with Gasteiger partial charge in [0.25, 0.3) is 0 Å². The monoisotopic (exact) mass is 367 g/mol. The summed E-state index contributed by atoms with van der Waals surface area (Å²) in [6.45, 7) is 0. The fourth-order valence-electron chi connectivity index (χ4n) is 1.81. The minimum Gasteiger partial charge on any atom is -0.478 e. The average Bonchev–Trinajstić information content (AvgIpc) is 2.55. The number of nitrogens with one attached hydrogen (secondary N) is 2. The van der Waals surface area contributed by atoms with Gasteiger partial charge in [0.15, 0.2) is 5.11 Å². The Kier molecular flexibility index (Phi) is 5.71. The maximum Gasteiger partial charge on any atom is 0.416 e. The Morgan fingerprint density at radius 3 is 2.44 bits per heavy atom. The van der Waals surface area contributed by atoms with Crippen LogP contribution in [0.15, 0.2) is 53.6 Å². The maximum atomic E-state index is 12.6. The molecule has 0 bridgehead atoms. The van der Waals surface area contributed by atoms with E-state index in [0.29, 0.717) is 5.56 Å². The topological polar surface area (TPSA) is 73.7 Å². The lowest BCUT2D eigenvalue weighted by Gasteiger charge is -2.10. The van der Waals surface area contributed by atoms with Crippen molar-refractivity contribution in [2.75, 3.05) is 5.32 Å². The summed E-state index contributed by atoms with van der Waals surface area (Å²) in [5.41, 5.74) is 2.62. The number of alkyl halides is 3. The molecule has 2 aromatic rings. The van der Waals surface area contributed by atoms with Gasteiger partial charge in [0.2, 0.25) is 0 Å². The molecule has 0 aliphatic heterocycles. The number of aromatic carboxylic acids is 1. The number of hydrazone groups is 1. The van der Waals surface area contributed by atoms with E-state index < -0.39 is 17.7 Å². The second-order valence-electron chi connectivity index (χ2n) is 4.83. The third-order valence-electron chi connectivity index (χ3n) is 2.99. The van der Waals surface area contributed by atoms with Crippen LogP contribution in [0.2, 0.25) is 0 Å². The van der Waals surface area contributed by atoms with Crippen LogP contribution in [0.25, 0.3) is 0 Å². The molecular weight excluding hydrogens is 355 g/mol. The number of halogens is 3. The molecule has 2 aromatic carbocycles. The van der Waals surface area contributed by atoms with Crippen molar-refractivity contribution in [1.82, 2.24) is 5.43 Å². The number of hydrogen-bond donors (Lipinski definition) is 3. The van der Waals surface area contributed by atoms with E-state index in [0.717, 1.165) is 12.1 Å². The Morgan fingerprint density at radius 2 is 1.84 bits per heavy atom. The molecule has 0 aliphatic carbocycles. The van der Waals surface area contributed by atoms with Gasteiger partial charge in [0.05, 0.1) is 17.3 Å². The molecule has 25 heavy (non-hydrogen) atoms. The molecule has 0 radical (unpaired) electrons. The lowest BCUT2D eigenvalue weighted by Crippen LogP contribution is -2.24. The number of rotatable bonds is 4. The van der Waals surface area contributed by atoms with Gasteiger partial charge in [-0.1, -0.05) is 18.2 Å². The molecule has 0 heterocycles. The maximum absolute atomic E-state index is 12.6. The number of hydrogen-bond acceptors (Lipinski definition) is 3. The molecule has 0 spiro atoms. The Balaban J connectivity index is 1.93. The van der Waals surface area contributed by atoms with Gasteiger partial charge in [-0.05, 0) is 48.1 Å². The smallest absolute Gasteiger partial charge is 0.416 e. The zero-order valence-electron chi connectivity index (χ0n) is 12.5. The predicted octanol–water partition coefficient (Wildman–Crippen LogP) is 3.72. The van der Waals surface area contributed by atoms with E-state index in [9.17, 15) is 18.0 Å². The molecular formula is C16H12F3N3O2S. The third kappa shape index (κ3) is 5.57. The van der Waals surface area contributed by atoms with Crippen molar-refractivity contribution in [3.05, 3.63) is 65.2 Å². The summed E-state index contributed by atoms with van der Waals surface area (Å²) in [5.74, 6) is -1.03. The Bertz CT molecular complexity index is 805. The summed E-state index contributed by atoms with van der Waals surface area (Å²) < 4.78 is 37.9. The number of carboxylic acids is 1. The molecule has 3 N–H and O–H groups in total. The fourth-order valence-corrected chi connectivity index (χ4v) is 1.98. The van der Waals surface area contributed by atoms with Crippen LogP contribution < -0.4 is 10.7 Å². The van der Waals surface area contributed by atoms with E-state index in [1.807, 2.05) is 0 Å². The number of thiocarbonyl (C=S) groups is 1. The van der Waals surface area contributed by atoms with Crippen molar-refractivity contribution < 1.29 is 23.1 Å². The second kappa shape index (κ2) is 7.75. The highest BCUT2D eigenvalue weighted by Crippen LogP contribution is 2.30. The number of benzene rings is 2. The molecule has 9 heteroatoms. The van der Waals surface area contributed by atoms with E-state index in [-0.39, 0.29) is 16.4 Å². The molecule has 0 aromatic heterocycles. The van der Waals surface area contributed by atoms with Crippen molar-refractivity contribution in [1.29, 1.82) is 0 Å². The van der Waals surface area contributed by atoms with Crippen molar-refractivity contribution in [2.45, 2.75) is 6.18 Å². The molecule has 0 atom stereocenters. The van der Waals surface area contributed by atoms with Gasteiger partial charge < -0.3 is 10.4 Å². The number of carboxylic acid groups (broad SMARTS) is 1. The second-order valence-corrected chi connectivity index (χ2v) is 5.24. The summed E-state index contributed by atoms with van der Waals surface area (Å²) in [7, 11) is 0. The fraction of sp³-hybridized carbons (Fsp3) is 0.0625. The predicted molar refractivity (Wildman–Crippen MR) is 91.8 cm³/mol. The summed E-state index contributed by atoms with van der Waals surface area (Å²) in [6.07, 6.45) is -3.04. The lowest BCUT2D eigenvalue weighted by atomic mass is 10.1. The van der Waals surface area contributed by atoms with E-state index in [2.05, 4.69) is 15.8 Å². The minimum absolute atomic E-state index is 0.0118. The lowest BCUT2D eigenvalue weighted by molar-refractivity contribution is -0.137. The standard InChI is InChI=1S/C16H12F3N3O2S/c17-16(18,19)12-2-1-3-13(8-12)21-15(25)22-20-9-10-4-6-11(7-5-10)14(23)24/h1-9H,(H,23,24)(H2,21,22,25). The first-order valence-electron chi connectivity index (χ1n) is 6.86. The highest BCUT2D eigenvalue weighted by Gasteiger charge is 2.30. The highest BCUT2D eigenvalue weighted by molar-refractivity contribution is 7.80. The van der Waals surface area contributed by atoms with Gasteiger partial charge in [0.1, 0.15) is 0 Å². The largest absolute Gasteiger partial charge is 0.478 e. The van der Waals surface area contributed by atoms with Gasteiger partial charge in [0, 0.05) is 5.69 Å². The van der Waals surface area contributed by atoms with Crippen molar-refractivity contribution in [3.8, 4) is 0 Å². The summed E-state index contributed by atoms with van der Waals surface area (Å²) in [6, 6.07) is 10.5. The van der Waals surface area contributed by atoms with Crippen molar-refractivity contribution in [3.63, 3.8) is 0 Å². The average molecular weight is 367 g/mol. The number of nitrogens with zero attached hydrogens (tertiary/aromatic N) is 1. The van der Waals surface area contributed by atoms with Crippen molar-refractivity contribution in [2.24, 2.45) is 5.10 Å². The first-order chi connectivity index (χ1) is 11.8. The summed E-state index contributed by atoms with van der Waals surface area (Å²) in [5, 5.41) is 15.2. The van der Waals surface area contributed by atoms with E-state index >= 15 is 0 Å². The molecule has 0 aliphatic rings.